The second-order valence-corrected chi connectivity index (χ2v) is 7.53. The van der Waals surface area contributed by atoms with Crippen LogP contribution in [0.2, 0.25) is 0 Å². The molecule has 1 aromatic rings. The first-order valence-electron chi connectivity index (χ1n) is 8.16. The van der Waals surface area contributed by atoms with Gasteiger partial charge in [0.15, 0.2) is 0 Å². The molecule has 23 heavy (non-hydrogen) atoms. The van der Waals surface area contributed by atoms with Crippen LogP contribution in [-0.4, -0.2) is 51.6 Å². The van der Waals surface area contributed by atoms with Crippen LogP contribution >= 0.6 is 0 Å². The number of hydrogen-bond donors (Lipinski definition) is 1. The molecule has 6 heteroatoms. The molecule has 1 aliphatic heterocycles. The molecule has 0 saturated carbocycles. The molecule has 2 heterocycles. The second kappa shape index (κ2) is 6.24. The molecule has 0 spiro atoms. The maximum Gasteiger partial charge on any atom is 0.326 e. The topological polar surface area (TPSA) is 67.6 Å². The Kier molecular flexibility index (Phi) is 4.87. The molecular formula is C17H29N3O3. The van der Waals surface area contributed by atoms with Crippen molar-refractivity contribution in [3.05, 3.63) is 17.0 Å². The SMILES string of the molecule is COCC1(C(=O)O)CCCN1Cc1c(C)nn(C(C)(C)C)c1C. The molecule has 1 atom stereocenters. The predicted octanol–water partition coefficient (Wildman–Crippen LogP) is 2.32. The number of aryl methyl sites for hydroxylation is 1. The molecule has 1 aromatic heterocycles. The van der Waals surface area contributed by atoms with Gasteiger partial charge in [-0.1, -0.05) is 0 Å². The van der Waals surface area contributed by atoms with E-state index >= 15 is 0 Å². The minimum atomic E-state index is -0.919. The van der Waals surface area contributed by atoms with Gasteiger partial charge < -0.3 is 9.84 Å². The molecule has 1 N–H and O–H groups in total. The van der Waals surface area contributed by atoms with Crippen LogP contribution in [0, 0.1) is 13.8 Å². The van der Waals surface area contributed by atoms with Gasteiger partial charge in [-0.15, -0.1) is 0 Å². The third kappa shape index (κ3) is 3.15. The first-order chi connectivity index (χ1) is 10.6. The zero-order valence-corrected chi connectivity index (χ0v) is 15.1. The van der Waals surface area contributed by atoms with Crippen LogP contribution in [0.3, 0.4) is 0 Å². The summed E-state index contributed by atoms with van der Waals surface area (Å²) in [4.78, 5) is 14.0. The minimum Gasteiger partial charge on any atom is -0.480 e. The zero-order valence-electron chi connectivity index (χ0n) is 15.1. The number of methoxy groups -OCH3 is 1. The van der Waals surface area contributed by atoms with Crippen LogP contribution in [-0.2, 0) is 21.6 Å². The lowest BCUT2D eigenvalue weighted by molar-refractivity contribution is -0.153. The van der Waals surface area contributed by atoms with E-state index in [4.69, 9.17) is 4.74 Å². The average Bonchev–Trinajstić information content (AvgIpc) is 2.96. The highest BCUT2D eigenvalue weighted by molar-refractivity contribution is 5.79. The summed E-state index contributed by atoms with van der Waals surface area (Å²) < 4.78 is 7.27. The summed E-state index contributed by atoms with van der Waals surface area (Å²) in [5.41, 5.74) is 2.20. The molecule has 1 unspecified atom stereocenters. The van der Waals surface area contributed by atoms with E-state index in [9.17, 15) is 9.90 Å². The van der Waals surface area contributed by atoms with Gasteiger partial charge in [-0.25, -0.2) is 0 Å². The Hall–Kier alpha value is -1.40. The van der Waals surface area contributed by atoms with Gasteiger partial charge in [-0.3, -0.25) is 14.4 Å². The average molecular weight is 323 g/mol. The first-order valence-corrected chi connectivity index (χ1v) is 8.16. The Morgan fingerprint density at radius 2 is 2.04 bits per heavy atom. The molecular weight excluding hydrogens is 294 g/mol. The molecule has 1 aliphatic rings. The Bertz CT molecular complexity index is 589. The van der Waals surface area contributed by atoms with E-state index in [1.165, 1.54) is 0 Å². The number of carboxylic acid groups (broad SMARTS) is 1. The summed E-state index contributed by atoms with van der Waals surface area (Å²) >= 11 is 0. The number of hydrogen-bond acceptors (Lipinski definition) is 4. The van der Waals surface area contributed by atoms with E-state index in [0.717, 1.165) is 29.9 Å². The fourth-order valence-corrected chi connectivity index (χ4v) is 3.62. The number of nitrogens with zero attached hydrogens (tertiary/aromatic N) is 3. The molecule has 0 bridgehead atoms. The molecule has 6 nitrogen and oxygen atoms in total. The molecule has 130 valence electrons. The lowest BCUT2D eigenvalue weighted by Gasteiger charge is -2.34. The highest BCUT2D eigenvalue weighted by Gasteiger charge is 2.48. The van der Waals surface area contributed by atoms with Gasteiger partial charge in [-0.2, -0.15) is 5.10 Å². The van der Waals surface area contributed by atoms with Gasteiger partial charge >= 0.3 is 5.97 Å². The number of aromatic nitrogens is 2. The number of carboxylic acids is 1. The summed E-state index contributed by atoms with van der Waals surface area (Å²) in [5.74, 6) is -0.796. The van der Waals surface area contributed by atoms with Crippen molar-refractivity contribution in [2.24, 2.45) is 0 Å². The van der Waals surface area contributed by atoms with E-state index in [1.54, 1.807) is 7.11 Å². The predicted molar refractivity (Wildman–Crippen MR) is 88.6 cm³/mol. The van der Waals surface area contributed by atoms with E-state index in [0.29, 0.717) is 13.0 Å². The summed E-state index contributed by atoms with van der Waals surface area (Å²) in [6, 6.07) is 0. The van der Waals surface area contributed by atoms with Crippen LogP contribution in [0.25, 0.3) is 0 Å². The molecule has 1 fully saturated rings. The molecule has 0 radical (unpaired) electrons. The number of ether oxygens (including phenoxy) is 1. The van der Waals surface area contributed by atoms with Crippen molar-refractivity contribution < 1.29 is 14.6 Å². The fourth-order valence-electron chi connectivity index (χ4n) is 3.62. The third-order valence-electron chi connectivity index (χ3n) is 4.83. The molecule has 0 amide bonds. The second-order valence-electron chi connectivity index (χ2n) is 7.53. The van der Waals surface area contributed by atoms with E-state index in [2.05, 4.69) is 32.8 Å². The monoisotopic (exact) mass is 323 g/mol. The van der Waals surface area contributed by atoms with Crippen molar-refractivity contribution in [2.45, 2.75) is 65.1 Å². The Labute approximate surface area is 138 Å². The normalized spacial score (nSPS) is 22.7. The van der Waals surface area contributed by atoms with Gasteiger partial charge in [-0.05, 0) is 54.0 Å². The zero-order chi connectivity index (χ0) is 17.4. The molecule has 0 aliphatic carbocycles. The first kappa shape index (κ1) is 17.9. The van der Waals surface area contributed by atoms with Crippen LogP contribution in [0.15, 0.2) is 0 Å². The highest BCUT2D eigenvalue weighted by Crippen LogP contribution is 2.33. The minimum absolute atomic E-state index is 0.0888. The lowest BCUT2D eigenvalue weighted by atomic mass is 9.96. The van der Waals surface area contributed by atoms with Gasteiger partial charge in [0.05, 0.1) is 17.8 Å². The smallest absolute Gasteiger partial charge is 0.326 e. The summed E-state index contributed by atoms with van der Waals surface area (Å²) in [6.07, 6.45) is 1.50. The standard InChI is InChI=1S/C17H29N3O3/c1-12-14(13(2)20(18-12)16(3,4)5)10-19-9-7-8-17(19,11-23-6)15(21)22/h7-11H2,1-6H3,(H,21,22). The summed E-state index contributed by atoms with van der Waals surface area (Å²) in [7, 11) is 1.56. The van der Waals surface area contributed by atoms with Crippen molar-refractivity contribution in [3.8, 4) is 0 Å². The van der Waals surface area contributed by atoms with E-state index in [-0.39, 0.29) is 12.1 Å². The Morgan fingerprint density at radius 3 is 2.52 bits per heavy atom. The largest absolute Gasteiger partial charge is 0.480 e. The number of rotatable bonds is 5. The maximum absolute atomic E-state index is 11.9. The van der Waals surface area contributed by atoms with Crippen LogP contribution in [0.4, 0.5) is 0 Å². The van der Waals surface area contributed by atoms with Gasteiger partial charge in [0.1, 0.15) is 5.54 Å². The van der Waals surface area contributed by atoms with Crippen molar-refractivity contribution in [2.75, 3.05) is 20.3 Å². The maximum atomic E-state index is 11.9. The Balaban J connectivity index is 2.35. The van der Waals surface area contributed by atoms with Crippen molar-refractivity contribution in [1.29, 1.82) is 0 Å². The van der Waals surface area contributed by atoms with Gasteiger partial charge in [0.25, 0.3) is 0 Å². The summed E-state index contributed by atoms with van der Waals surface area (Å²) in [5, 5.41) is 14.4. The van der Waals surface area contributed by atoms with Gasteiger partial charge in [0, 0.05) is 24.9 Å². The van der Waals surface area contributed by atoms with Crippen LogP contribution in [0.1, 0.15) is 50.6 Å². The van der Waals surface area contributed by atoms with E-state index < -0.39 is 11.5 Å². The lowest BCUT2D eigenvalue weighted by Crippen LogP contribution is -2.53. The number of aliphatic carboxylic acids is 1. The van der Waals surface area contributed by atoms with Gasteiger partial charge in [0.2, 0.25) is 0 Å². The van der Waals surface area contributed by atoms with Crippen molar-refractivity contribution in [1.82, 2.24) is 14.7 Å². The molecule has 0 aromatic carbocycles. The van der Waals surface area contributed by atoms with Crippen LogP contribution < -0.4 is 0 Å². The number of likely N-dealkylation sites (tertiary alicyclic amines) is 1. The molecule has 2 rings (SSSR count). The molecule has 1 saturated heterocycles. The highest BCUT2D eigenvalue weighted by atomic mass is 16.5. The summed E-state index contributed by atoms with van der Waals surface area (Å²) in [6.45, 7) is 12.0. The van der Waals surface area contributed by atoms with Crippen LogP contribution in [0.5, 0.6) is 0 Å². The van der Waals surface area contributed by atoms with E-state index in [1.807, 2.05) is 16.5 Å². The number of carbonyl (C=O) groups is 1. The van der Waals surface area contributed by atoms with Crippen molar-refractivity contribution >= 4 is 5.97 Å². The fraction of sp³-hybridized carbons (Fsp3) is 0.765. The van der Waals surface area contributed by atoms with Crippen molar-refractivity contribution in [3.63, 3.8) is 0 Å². The Morgan fingerprint density at radius 1 is 1.39 bits per heavy atom. The quantitative estimate of drug-likeness (QED) is 0.901. The third-order valence-corrected chi connectivity index (χ3v) is 4.83.